The number of halogens is 1. The van der Waals surface area contributed by atoms with Crippen LogP contribution in [0.15, 0.2) is 12.3 Å². The fourth-order valence-electron chi connectivity index (χ4n) is 1.02. The van der Waals surface area contributed by atoms with Gasteiger partial charge in [0.25, 0.3) is 5.15 Å². The Kier molecular flexibility index (Phi) is 2.33. The van der Waals surface area contributed by atoms with Crippen molar-refractivity contribution in [2.45, 2.75) is 13.8 Å². The van der Waals surface area contributed by atoms with Crippen LogP contribution in [0.3, 0.4) is 0 Å². The maximum absolute atomic E-state index is 10.5. The second-order valence-electron chi connectivity index (χ2n) is 2.63. The number of hydrogen-bond acceptors (Lipinski definition) is 2. The average molecular weight is 186 g/mol. The van der Waals surface area contributed by atoms with Gasteiger partial charge in [-0.15, -0.1) is 4.57 Å². The predicted octanol–water partition coefficient (Wildman–Crippen LogP) is 0.436. The zero-order valence-corrected chi connectivity index (χ0v) is 7.55. The average Bonchev–Trinajstić information content (AvgIpc) is 1.96. The summed E-state index contributed by atoms with van der Waals surface area (Å²) < 4.78 is 0.895. The van der Waals surface area contributed by atoms with Crippen LogP contribution in [0.4, 0.5) is 4.79 Å². The Morgan fingerprint density at radius 3 is 2.67 bits per heavy atom. The second-order valence-corrected chi connectivity index (χ2v) is 2.99. The molecule has 0 spiro atoms. The van der Waals surface area contributed by atoms with Crippen LogP contribution in [0.1, 0.15) is 11.1 Å². The maximum Gasteiger partial charge on any atom is 0.344 e. The lowest BCUT2D eigenvalue weighted by molar-refractivity contribution is -0.629. The highest BCUT2D eigenvalue weighted by atomic mass is 35.5. The molecule has 0 aromatic carbocycles. The molecule has 0 bridgehead atoms. The molecule has 1 rings (SSSR count). The van der Waals surface area contributed by atoms with Crippen molar-refractivity contribution in [2.24, 2.45) is 0 Å². The van der Waals surface area contributed by atoms with Crippen LogP contribution in [0.25, 0.3) is 0 Å². The van der Waals surface area contributed by atoms with E-state index < -0.39 is 6.09 Å². The first-order valence-corrected chi connectivity index (χ1v) is 3.80. The number of aromatic nitrogens is 1. The van der Waals surface area contributed by atoms with Gasteiger partial charge in [0.2, 0.25) is 0 Å². The van der Waals surface area contributed by atoms with Crippen LogP contribution in [0.2, 0.25) is 5.15 Å². The van der Waals surface area contributed by atoms with Gasteiger partial charge in [-0.1, -0.05) is 0 Å². The van der Waals surface area contributed by atoms with E-state index in [4.69, 9.17) is 11.6 Å². The summed E-state index contributed by atoms with van der Waals surface area (Å²) in [6.07, 6.45) is 0.108. The molecule has 1 heterocycles. The van der Waals surface area contributed by atoms with Gasteiger partial charge in [0.15, 0.2) is 6.20 Å². The van der Waals surface area contributed by atoms with Gasteiger partial charge < -0.3 is 9.90 Å². The number of carbonyl (C=O) groups is 1. The molecule has 1 aromatic rings. The molecule has 0 radical (unpaired) electrons. The summed E-state index contributed by atoms with van der Waals surface area (Å²) in [5.41, 5.74) is 1.56. The molecule has 0 saturated heterocycles. The minimum absolute atomic E-state index is 0.181. The molecule has 0 atom stereocenters. The molecule has 0 aliphatic carbocycles. The van der Waals surface area contributed by atoms with Crippen molar-refractivity contribution in [2.75, 3.05) is 0 Å². The normalized spacial score (nSPS) is 9.92. The SMILES string of the molecule is Cc1cc(C)c(Cl)[n+](C(=O)[O-])c1. The Balaban J connectivity index is 3.37. The molecule has 0 saturated carbocycles. The summed E-state index contributed by atoms with van der Waals surface area (Å²) in [6, 6.07) is 1.81. The molecule has 0 N–H and O–H groups in total. The van der Waals surface area contributed by atoms with Gasteiger partial charge in [0.05, 0.1) is 0 Å². The third-order valence-corrected chi connectivity index (χ3v) is 1.99. The summed E-state index contributed by atoms with van der Waals surface area (Å²) >= 11 is 5.70. The van der Waals surface area contributed by atoms with Gasteiger partial charge in [0.1, 0.15) is 0 Å². The Labute approximate surface area is 75.2 Å². The molecule has 0 amide bonds. The lowest BCUT2D eigenvalue weighted by Gasteiger charge is -2.00. The summed E-state index contributed by atoms with van der Waals surface area (Å²) in [5, 5.41) is 10.7. The predicted molar refractivity (Wildman–Crippen MR) is 41.9 cm³/mol. The van der Waals surface area contributed by atoms with E-state index in [-0.39, 0.29) is 5.15 Å². The fraction of sp³-hybridized carbons (Fsp3) is 0.250. The highest BCUT2D eigenvalue weighted by Gasteiger charge is 2.13. The molecule has 0 fully saturated rings. The van der Waals surface area contributed by atoms with Crippen LogP contribution in [0.5, 0.6) is 0 Å². The number of pyridine rings is 1. The summed E-state index contributed by atoms with van der Waals surface area (Å²) in [7, 11) is 0. The molecule has 12 heavy (non-hydrogen) atoms. The zero-order chi connectivity index (χ0) is 9.30. The van der Waals surface area contributed by atoms with Crippen LogP contribution < -0.4 is 9.67 Å². The van der Waals surface area contributed by atoms with Crippen LogP contribution in [-0.4, -0.2) is 6.09 Å². The zero-order valence-electron chi connectivity index (χ0n) is 6.80. The number of carboxylic acid groups (broad SMARTS) is 1. The van der Waals surface area contributed by atoms with Crippen LogP contribution in [0, 0.1) is 13.8 Å². The smallest absolute Gasteiger partial charge is 0.344 e. The molecule has 4 heteroatoms. The van der Waals surface area contributed by atoms with Crippen molar-refractivity contribution in [1.29, 1.82) is 0 Å². The monoisotopic (exact) mass is 185 g/mol. The molecule has 0 unspecified atom stereocenters. The largest absolute Gasteiger partial charge is 0.490 e. The van der Waals surface area contributed by atoms with Gasteiger partial charge in [-0.2, -0.15) is 0 Å². The van der Waals surface area contributed by atoms with E-state index in [0.717, 1.165) is 15.7 Å². The molecule has 0 aliphatic heterocycles. The standard InChI is InChI=1S/C8H8ClNO2/c1-5-3-6(2)7(9)10(4-5)8(11)12/h3-4H,1-2H3. The van der Waals surface area contributed by atoms with Gasteiger partial charge >= 0.3 is 6.09 Å². The number of rotatable bonds is 0. The van der Waals surface area contributed by atoms with Crippen LogP contribution in [-0.2, 0) is 0 Å². The van der Waals surface area contributed by atoms with Gasteiger partial charge in [-0.05, 0) is 31.5 Å². The molecule has 64 valence electrons. The van der Waals surface area contributed by atoms with Crippen molar-refractivity contribution in [3.63, 3.8) is 0 Å². The number of nitrogens with zero attached hydrogens (tertiary/aromatic N) is 1. The second kappa shape index (κ2) is 3.11. The Morgan fingerprint density at radius 2 is 2.17 bits per heavy atom. The Bertz CT molecular complexity index is 336. The Hall–Kier alpha value is -1.09. The van der Waals surface area contributed by atoms with Gasteiger partial charge in [-0.3, -0.25) is 0 Å². The van der Waals surface area contributed by atoms with E-state index in [9.17, 15) is 9.90 Å². The van der Waals surface area contributed by atoms with E-state index in [0.29, 0.717) is 0 Å². The topological polar surface area (TPSA) is 44.0 Å². The number of carbonyl (C=O) groups excluding carboxylic acids is 1. The van der Waals surface area contributed by atoms with Crippen molar-refractivity contribution >= 4 is 17.7 Å². The van der Waals surface area contributed by atoms with Crippen molar-refractivity contribution in [3.05, 3.63) is 28.5 Å². The first-order chi connectivity index (χ1) is 5.52. The van der Waals surface area contributed by atoms with Crippen molar-refractivity contribution in [1.82, 2.24) is 0 Å². The Morgan fingerprint density at radius 1 is 1.58 bits per heavy atom. The third kappa shape index (κ3) is 1.56. The van der Waals surface area contributed by atoms with E-state index in [1.807, 2.05) is 6.07 Å². The molecule has 3 nitrogen and oxygen atoms in total. The van der Waals surface area contributed by atoms with Gasteiger partial charge in [-0.25, -0.2) is 0 Å². The summed E-state index contributed by atoms with van der Waals surface area (Å²) in [5.74, 6) is 0. The molecular weight excluding hydrogens is 178 g/mol. The minimum atomic E-state index is -1.31. The number of aryl methyl sites for hydroxylation is 2. The minimum Gasteiger partial charge on any atom is -0.490 e. The quantitative estimate of drug-likeness (QED) is 0.435. The lowest BCUT2D eigenvalue weighted by Crippen LogP contribution is -2.53. The molecular formula is C8H8ClNO2. The van der Waals surface area contributed by atoms with Crippen LogP contribution >= 0.6 is 11.6 Å². The fourth-order valence-corrected chi connectivity index (χ4v) is 1.19. The number of hydrogen-bond donors (Lipinski definition) is 0. The lowest BCUT2D eigenvalue weighted by atomic mass is 10.2. The first-order valence-electron chi connectivity index (χ1n) is 3.42. The molecule has 1 aromatic heterocycles. The maximum atomic E-state index is 10.5. The summed E-state index contributed by atoms with van der Waals surface area (Å²) in [6.45, 7) is 3.54. The van der Waals surface area contributed by atoms with E-state index in [1.54, 1.807) is 13.8 Å². The highest BCUT2D eigenvalue weighted by molar-refractivity contribution is 6.29. The van der Waals surface area contributed by atoms with Crippen molar-refractivity contribution < 1.29 is 14.5 Å². The highest BCUT2D eigenvalue weighted by Crippen LogP contribution is 2.09. The summed E-state index contributed by atoms with van der Waals surface area (Å²) in [4.78, 5) is 10.5. The molecule has 0 aliphatic rings. The first kappa shape index (κ1) is 9.00. The van der Waals surface area contributed by atoms with E-state index in [1.165, 1.54) is 6.20 Å². The van der Waals surface area contributed by atoms with E-state index in [2.05, 4.69) is 0 Å². The van der Waals surface area contributed by atoms with Crippen molar-refractivity contribution in [3.8, 4) is 0 Å². The van der Waals surface area contributed by atoms with Gasteiger partial charge in [0, 0.05) is 11.1 Å². The third-order valence-electron chi connectivity index (χ3n) is 1.51. The van der Waals surface area contributed by atoms with E-state index >= 15 is 0 Å².